The summed E-state index contributed by atoms with van der Waals surface area (Å²) in [6, 6.07) is -1.68. The molecule has 0 saturated heterocycles. The molecule has 0 spiro atoms. The molecule has 0 rings (SSSR count). The molecule has 0 unspecified atom stereocenters. The van der Waals surface area contributed by atoms with Gasteiger partial charge in [-0.05, 0) is 19.3 Å². The Bertz CT molecular complexity index is 424. The third-order valence-electron chi connectivity index (χ3n) is 4.51. The number of unbranched alkanes of at least 4 members (excludes halogenated alkanes) is 8. The van der Waals surface area contributed by atoms with Crippen molar-refractivity contribution in [2.24, 2.45) is 5.92 Å². The summed E-state index contributed by atoms with van der Waals surface area (Å²) in [7, 11) is 0. The molecule has 0 bridgehead atoms. The van der Waals surface area contributed by atoms with Crippen molar-refractivity contribution in [1.82, 2.24) is 10.6 Å². The SMILES string of the molecule is CCCCCCCCCCCC(=O)N[C@@H](C)C(=O)N[C@H](C(=O)O)C(C)C. The maximum atomic E-state index is 12.0. The highest BCUT2D eigenvalue weighted by Crippen LogP contribution is 2.10. The first-order valence-electron chi connectivity index (χ1n) is 10.1. The van der Waals surface area contributed by atoms with E-state index in [1.807, 2.05) is 0 Å². The van der Waals surface area contributed by atoms with Gasteiger partial charge in [-0.25, -0.2) is 4.79 Å². The van der Waals surface area contributed by atoms with Crippen LogP contribution in [0.15, 0.2) is 0 Å². The maximum Gasteiger partial charge on any atom is 0.326 e. The summed E-state index contributed by atoms with van der Waals surface area (Å²) < 4.78 is 0. The van der Waals surface area contributed by atoms with Crippen LogP contribution in [0.5, 0.6) is 0 Å². The Morgan fingerprint density at radius 1 is 0.808 bits per heavy atom. The number of carboxylic acids is 1. The van der Waals surface area contributed by atoms with Gasteiger partial charge in [0.2, 0.25) is 11.8 Å². The van der Waals surface area contributed by atoms with Gasteiger partial charge in [0.25, 0.3) is 0 Å². The molecule has 6 nitrogen and oxygen atoms in total. The third kappa shape index (κ3) is 11.9. The van der Waals surface area contributed by atoms with Crippen molar-refractivity contribution in [1.29, 1.82) is 0 Å². The molecule has 2 atom stereocenters. The molecule has 0 aliphatic carbocycles. The zero-order valence-electron chi connectivity index (χ0n) is 17.0. The lowest BCUT2D eigenvalue weighted by Crippen LogP contribution is -2.52. The molecule has 0 heterocycles. The summed E-state index contributed by atoms with van der Waals surface area (Å²) >= 11 is 0. The van der Waals surface area contributed by atoms with Crippen molar-refractivity contribution in [2.75, 3.05) is 0 Å². The zero-order valence-corrected chi connectivity index (χ0v) is 17.0. The van der Waals surface area contributed by atoms with E-state index in [0.717, 1.165) is 19.3 Å². The number of carboxylic acid groups (broad SMARTS) is 1. The van der Waals surface area contributed by atoms with E-state index >= 15 is 0 Å². The summed E-state index contributed by atoms with van der Waals surface area (Å²) in [6.45, 7) is 7.24. The Balaban J connectivity index is 3.87. The Morgan fingerprint density at radius 3 is 1.77 bits per heavy atom. The van der Waals surface area contributed by atoms with Gasteiger partial charge in [-0.1, -0.05) is 72.1 Å². The molecule has 26 heavy (non-hydrogen) atoms. The highest BCUT2D eigenvalue weighted by atomic mass is 16.4. The van der Waals surface area contributed by atoms with E-state index in [4.69, 9.17) is 5.11 Å². The summed E-state index contributed by atoms with van der Waals surface area (Å²) in [5, 5.41) is 14.2. The van der Waals surface area contributed by atoms with E-state index in [1.54, 1.807) is 20.8 Å². The van der Waals surface area contributed by atoms with Gasteiger partial charge in [-0.3, -0.25) is 9.59 Å². The van der Waals surface area contributed by atoms with Gasteiger partial charge in [-0.2, -0.15) is 0 Å². The van der Waals surface area contributed by atoms with E-state index in [1.165, 1.54) is 38.5 Å². The van der Waals surface area contributed by atoms with Gasteiger partial charge < -0.3 is 15.7 Å². The monoisotopic (exact) mass is 370 g/mol. The largest absolute Gasteiger partial charge is 0.480 e. The first kappa shape index (κ1) is 24.4. The van der Waals surface area contributed by atoms with Crippen LogP contribution in [-0.2, 0) is 14.4 Å². The molecular formula is C20H38N2O4. The molecule has 0 fully saturated rings. The topological polar surface area (TPSA) is 95.5 Å². The van der Waals surface area contributed by atoms with Crippen LogP contribution in [0.3, 0.4) is 0 Å². The molecule has 0 aromatic carbocycles. The number of nitrogens with one attached hydrogen (secondary N) is 2. The molecule has 152 valence electrons. The van der Waals surface area contributed by atoms with Gasteiger partial charge in [0.15, 0.2) is 0 Å². The van der Waals surface area contributed by atoms with E-state index in [-0.39, 0.29) is 11.8 Å². The Kier molecular flexibility index (Phi) is 13.7. The molecule has 0 aromatic heterocycles. The van der Waals surface area contributed by atoms with Crippen LogP contribution in [0, 0.1) is 5.92 Å². The Hall–Kier alpha value is -1.59. The van der Waals surface area contributed by atoms with Crippen molar-refractivity contribution in [2.45, 2.75) is 104 Å². The summed E-state index contributed by atoms with van der Waals surface area (Å²) in [5.74, 6) is -1.92. The van der Waals surface area contributed by atoms with Crippen LogP contribution in [0.25, 0.3) is 0 Å². The minimum absolute atomic E-state index is 0.160. The molecule has 0 aromatic rings. The fourth-order valence-electron chi connectivity index (χ4n) is 2.77. The average Bonchev–Trinajstić information content (AvgIpc) is 2.57. The van der Waals surface area contributed by atoms with Gasteiger partial charge in [0.1, 0.15) is 12.1 Å². The molecular weight excluding hydrogens is 332 g/mol. The van der Waals surface area contributed by atoms with Crippen molar-refractivity contribution in [3.8, 4) is 0 Å². The fraction of sp³-hybridized carbons (Fsp3) is 0.850. The molecule has 6 heteroatoms. The van der Waals surface area contributed by atoms with Crippen LogP contribution in [0.2, 0.25) is 0 Å². The van der Waals surface area contributed by atoms with Crippen LogP contribution in [0.4, 0.5) is 0 Å². The lowest BCUT2D eigenvalue weighted by molar-refractivity contribution is -0.143. The lowest BCUT2D eigenvalue weighted by Gasteiger charge is -2.21. The van der Waals surface area contributed by atoms with E-state index in [2.05, 4.69) is 17.6 Å². The Morgan fingerprint density at radius 2 is 1.31 bits per heavy atom. The summed E-state index contributed by atoms with van der Waals surface area (Å²) in [5.41, 5.74) is 0. The number of carbonyl (C=O) groups excluding carboxylic acids is 2. The van der Waals surface area contributed by atoms with Crippen LogP contribution >= 0.6 is 0 Å². The van der Waals surface area contributed by atoms with Crippen LogP contribution in [0.1, 0.15) is 91.9 Å². The van der Waals surface area contributed by atoms with Crippen molar-refractivity contribution >= 4 is 17.8 Å². The van der Waals surface area contributed by atoms with E-state index in [0.29, 0.717) is 6.42 Å². The highest BCUT2D eigenvalue weighted by Gasteiger charge is 2.26. The third-order valence-corrected chi connectivity index (χ3v) is 4.51. The number of hydrogen-bond donors (Lipinski definition) is 3. The van der Waals surface area contributed by atoms with E-state index in [9.17, 15) is 14.4 Å². The molecule has 0 aliphatic heterocycles. The van der Waals surface area contributed by atoms with E-state index < -0.39 is 24.0 Å². The predicted octanol–water partition coefficient (Wildman–Crippen LogP) is 3.64. The van der Waals surface area contributed by atoms with Crippen molar-refractivity contribution < 1.29 is 19.5 Å². The second kappa shape index (κ2) is 14.6. The number of rotatable bonds is 15. The first-order chi connectivity index (χ1) is 12.3. The van der Waals surface area contributed by atoms with Crippen LogP contribution in [-0.4, -0.2) is 35.0 Å². The van der Waals surface area contributed by atoms with Crippen molar-refractivity contribution in [3.05, 3.63) is 0 Å². The number of amides is 2. The molecule has 0 radical (unpaired) electrons. The van der Waals surface area contributed by atoms with Crippen molar-refractivity contribution in [3.63, 3.8) is 0 Å². The predicted molar refractivity (Wildman–Crippen MR) is 104 cm³/mol. The number of aliphatic carboxylic acids is 1. The van der Waals surface area contributed by atoms with Gasteiger partial charge in [0.05, 0.1) is 0 Å². The van der Waals surface area contributed by atoms with Gasteiger partial charge in [-0.15, -0.1) is 0 Å². The second-order valence-corrected chi connectivity index (χ2v) is 7.44. The summed E-state index contributed by atoms with van der Waals surface area (Å²) in [6.07, 6.45) is 11.1. The normalized spacial score (nSPS) is 13.3. The number of hydrogen-bond acceptors (Lipinski definition) is 3. The minimum atomic E-state index is -1.07. The zero-order chi connectivity index (χ0) is 19.9. The average molecular weight is 371 g/mol. The molecule has 3 N–H and O–H groups in total. The highest BCUT2D eigenvalue weighted by molar-refractivity contribution is 5.90. The maximum absolute atomic E-state index is 12.0. The van der Waals surface area contributed by atoms with Gasteiger partial charge >= 0.3 is 5.97 Å². The van der Waals surface area contributed by atoms with Gasteiger partial charge in [0, 0.05) is 6.42 Å². The smallest absolute Gasteiger partial charge is 0.326 e. The first-order valence-corrected chi connectivity index (χ1v) is 10.1. The number of carbonyl (C=O) groups is 3. The lowest BCUT2D eigenvalue weighted by atomic mass is 10.0. The standard InChI is InChI=1S/C20H38N2O4/c1-5-6-7-8-9-10-11-12-13-14-17(23)21-16(4)19(24)22-18(15(2)3)20(25)26/h15-16,18H,5-14H2,1-4H3,(H,21,23)(H,22,24)(H,25,26)/t16-,18-/m0/s1. The van der Waals surface area contributed by atoms with Crippen LogP contribution < -0.4 is 10.6 Å². The molecule has 0 aliphatic rings. The molecule has 0 saturated carbocycles. The Labute approximate surface area is 158 Å². The fourth-order valence-corrected chi connectivity index (χ4v) is 2.77. The summed E-state index contributed by atoms with van der Waals surface area (Å²) in [4.78, 5) is 35.1. The molecule has 2 amide bonds. The minimum Gasteiger partial charge on any atom is -0.480 e. The quantitative estimate of drug-likeness (QED) is 0.384. The second-order valence-electron chi connectivity index (χ2n) is 7.44.